The second-order valence-electron chi connectivity index (χ2n) is 6.35. The van der Waals surface area contributed by atoms with Crippen LogP contribution in [0.1, 0.15) is 33.2 Å². The molecule has 29 heavy (non-hydrogen) atoms. The molecule has 0 spiro atoms. The Balaban J connectivity index is 1.81. The Morgan fingerprint density at radius 2 is 1.55 bits per heavy atom. The Hall–Kier alpha value is -3.31. The summed E-state index contributed by atoms with van der Waals surface area (Å²) in [5.74, 6) is -0.141. The van der Waals surface area contributed by atoms with Gasteiger partial charge in [-0.05, 0) is 55.8 Å². The molecule has 3 rings (SSSR count). The van der Waals surface area contributed by atoms with E-state index in [9.17, 15) is 9.59 Å². The van der Waals surface area contributed by atoms with E-state index >= 15 is 0 Å². The second kappa shape index (κ2) is 9.26. The first kappa shape index (κ1) is 20.4. The number of para-hydroxylation sites is 1. The molecule has 2 N–H and O–H groups in total. The molecule has 0 bridgehead atoms. The normalized spacial score (nSPS) is 10.3. The van der Waals surface area contributed by atoms with Crippen molar-refractivity contribution in [2.75, 3.05) is 17.2 Å². The van der Waals surface area contributed by atoms with Gasteiger partial charge in [0.15, 0.2) is 5.75 Å². The lowest BCUT2D eigenvalue weighted by Crippen LogP contribution is -2.16. The zero-order valence-corrected chi connectivity index (χ0v) is 16.9. The van der Waals surface area contributed by atoms with Crippen LogP contribution in [0.5, 0.6) is 5.75 Å². The maximum atomic E-state index is 12.8. The maximum Gasteiger partial charge on any atom is 0.255 e. The van der Waals surface area contributed by atoms with Crippen molar-refractivity contribution >= 4 is 34.8 Å². The molecule has 0 atom stereocenters. The predicted molar refractivity (Wildman–Crippen MR) is 116 cm³/mol. The van der Waals surface area contributed by atoms with Gasteiger partial charge in [-0.25, -0.2) is 0 Å². The van der Waals surface area contributed by atoms with E-state index in [4.69, 9.17) is 16.3 Å². The molecule has 2 amide bonds. The molecule has 0 saturated carbocycles. The molecule has 0 radical (unpaired) electrons. The van der Waals surface area contributed by atoms with Crippen LogP contribution in [0.3, 0.4) is 0 Å². The van der Waals surface area contributed by atoms with Crippen LogP contribution in [0, 0.1) is 6.92 Å². The van der Waals surface area contributed by atoms with Gasteiger partial charge < -0.3 is 15.4 Å². The summed E-state index contributed by atoms with van der Waals surface area (Å²) < 4.78 is 5.55. The number of amides is 2. The van der Waals surface area contributed by atoms with Crippen LogP contribution in [0.15, 0.2) is 66.7 Å². The number of halogens is 1. The smallest absolute Gasteiger partial charge is 0.255 e. The zero-order valence-electron chi connectivity index (χ0n) is 16.2. The van der Waals surface area contributed by atoms with Gasteiger partial charge in [0.05, 0.1) is 17.3 Å². The van der Waals surface area contributed by atoms with Crippen LogP contribution >= 0.6 is 11.6 Å². The molecule has 3 aromatic rings. The van der Waals surface area contributed by atoms with E-state index in [0.717, 1.165) is 5.56 Å². The Labute approximate surface area is 174 Å². The van der Waals surface area contributed by atoms with Gasteiger partial charge >= 0.3 is 0 Å². The minimum Gasteiger partial charge on any atom is -0.490 e. The number of aryl methyl sites for hydroxylation is 1. The van der Waals surface area contributed by atoms with E-state index in [2.05, 4.69) is 10.6 Å². The number of ether oxygens (including phenoxy) is 1. The number of hydrogen-bond donors (Lipinski definition) is 2. The van der Waals surface area contributed by atoms with Crippen molar-refractivity contribution in [2.45, 2.75) is 13.8 Å². The van der Waals surface area contributed by atoms with Crippen molar-refractivity contribution < 1.29 is 14.3 Å². The van der Waals surface area contributed by atoms with Gasteiger partial charge in [0.25, 0.3) is 11.8 Å². The standard InChI is InChI=1S/C23H21ClN2O3/c1-3-29-21-18(24)10-7-11-19(21)25-23(28)17-13-12-15(2)20(14-17)26-22(27)16-8-5-4-6-9-16/h4-14H,3H2,1-2H3,(H,25,28)(H,26,27). The highest BCUT2D eigenvalue weighted by Gasteiger charge is 2.15. The van der Waals surface area contributed by atoms with E-state index in [1.54, 1.807) is 60.7 Å². The molecule has 0 aliphatic carbocycles. The quantitative estimate of drug-likeness (QED) is 0.561. The minimum absolute atomic E-state index is 0.236. The number of anilines is 2. The van der Waals surface area contributed by atoms with Crippen LogP contribution < -0.4 is 15.4 Å². The fourth-order valence-electron chi connectivity index (χ4n) is 2.77. The Bertz CT molecular complexity index is 1040. The van der Waals surface area contributed by atoms with Gasteiger partial charge in [0, 0.05) is 16.8 Å². The van der Waals surface area contributed by atoms with Crippen LogP contribution in [0.25, 0.3) is 0 Å². The molecule has 0 aliphatic heterocycles. The molecular weight excluding hydrogens is 388 g/mol. The number of nitrogens with one attached hydrogen (secondary N) is 2. The van der Waals surface area contributed by atoms with Gasteiger partial charge in [-0.1, -0.05) is 41.9 Å². The van der Waals surface area contributed by atoms with Crippen LogP contribution in [0.4, 0.5) is 11.4 Å². The average molecular weight is 409 g/mol. The van der Waals surface area contributed by atoms with Crippen molar-refractivity contribution in [2.24, 2.45) is 0 Å². The van der Waals surface area contributed by atoms with Crippen LogP contribution in [0.2, 0.25) is 5.02 Å². The first-order chi connectivity index (χ1) is 14.0. The van der Waals surface area contributed by atoms with Crippen molar-refractivity contribution in [3.8, 4) is 5.75 Å². The molecule has 6 heteroatoms. The number of carbonyl (C=O) groups excluding carboxylic acids is 2. The highest BCUT2D eigenvalue weighted by atomic mass is 35.5. The second-order valence-corrected chi connectivity index (χ2v) is 6.76. The van der Waals surface area contributed by atoms with E-state index in [1.807, 2.05) is 19.9 Å². The zero-order chi connectivity index (χ0) is 20.8. The summed E-state index contributed by atoms with van der Waals surface area (Å²) >= 11 is 6.18. The summed E-state index contributed by atoms with van der Waals surface area (Å²) in [5, 5.41) is 6.11. The third-order valence-electron chi connectivity index (χ3n) is 4.29. The monoisotopic (exact) mass is 408 g/mol. The van der Waals surface area contributed by atoms with Crippen molar-refractivity contribution in [3.63, 3.8) is 0 Å². The maximum absolute atomic E-state index is 12.8. The Morgan fingerprint density at radius 3 is 2.28 bits per heavy atom. The molecule has 148 valence electrons. The third-order valence-corrected chi connectivity index (χ3v) is 4.59. The van der Waals surface area contributed by atoms with Crippen LogP contribution in [-0.2, 0) is 0 Å². The molecule has 0 aromatic heterocycles. The molecule has 0 fully saturated rings. The van der Waals surface area contributed by atoms with Gasteiger partial charge in [-0.2, -0.15) is 0 Å². The minimum atomic E-state index is -0.330. The van der Waals surface area contributed by atoms with Gasteiger partial charge in [-0.3, -0.25) is 9.59 Å². The first-order valence-electron chi connectivity index (χ1n) is 9.19. The third kappa shape index (κ3) is 4.95. The van der Waals surface area contributed by atoms with Crippen molar-refractivity contribution in [3.05, 3.63) is 88.4 Å². The van der Waals surface area contributed by atoms with E-state index in [1.165, 1.54) is 0 Å². The Morgan fingerprint density at radius 1 is 0.862 bits per heavy atom. The highest BCUT2D eigenvalue weighted by Crippen LogP contribution is 2.33. The van der Waals surface area contributed by atoms with E-state index in [-0.39, 0.29) is 11.8 Å². The lowest BCUT2D eigenvalue weighted by Gasteiger charge is -2.14. The van der Waals surface area contributed by atoms with E-state index in [0.29, 0.717) is 39.9 Å². The molecule has 0 heterocycles. The summed E-state index contributed by atoms with van der Waals surface area (Å²) in [5.41, 5.74) is 2.86. The largest absolute Gasteiger partial charge is 0.490 e. The van der Waals surface area contributed by atoms with E-state index < -0.39 is 0 Å². The molecular formula is C23H21ClN2O3. The summed E-state index contributed by atoms with van der Waals surface area (Å²) in [6, 6.07) is 19.2. The van der Waals surface area contributed by atoms with Gasteiger partial charge in [0.1, 0.15) is 0 Å². The topological polar surface area (TPSA) is 67.4 Å². The van der Waals surface area contributed by atoms with Gasteiger partial charge in [-0.15, -0.1) is 0 Å². The van der Waals surface area contributed by atoms with Crippen molar-refractivity contribution in [1.29, 1.82) is 0 Å². The number of rotatable bonds is 6. The molecule has 0 unspecified atom stereocenters. The number of carbonyl (C=O) groups is 2. The lowest BCUT2D eigenvalue weighted by atomic mass is 10.1. The van der Waals surface area contributed by atoms with Crippen molar-refractivity contribution in [1.82, 2.24) is 0 Å². The van der Waals surface area contributed by atoms with Gasteiger partial charge in [0.2, 0.25) is 0 Å². The fourth-order valence-corrected chi connectivity index (χ4v) is 3.00. The summed E-state index contributed by atoms with van der Waals surface area (Å²) in [6.07, 6.45) is 0. The fraction of sp³-hybridized carbons (Fsp3) is 0.130. The Kier molecular flexibility index (Phi) is 6.52. The molecule has 3 aromatic carbocycles. The summed E-state index contributed by atoms with van der Waals surface area (Å²) in [6.45, 7) is 4.13. The molecule has 0 aliphatic rings. The molecule has 0 saturated heterocycles. The molecule has 5 nitrogen and oxygen atoms in total. The summed E-state index contributed by atoms with van der Waals surface area (Å²) in [7, 11) is 0. The lowest BCUT2D eigenvalue weighted by molar-refractivity contribution is 0.101. The number of hydrogen-bond acceptors (Lipinski definition) is 3. The van der Waals surface area contributed by atoms with Crippen LogP contribution in [-0.4, -0.2) is 18.4 Å². The number of benzene rings is 3. The highest BCUT2D eigenvalue weighted by molar-refractivity contribution is 6.32. The SMILES string of the molecule is CCOc1c(Cl)cccc1NC(=O)c1ccc(C)c(NC(=O)c2ccccc2)c1. The average Bonchev–Trinajstić information content (AvgIpc) is 2.72. The summed E-state index contributed by atoms with van der Waals surface area (Å²) in [4.78, 5) is 25.2. The first-order valence-corrected chi connectivity index (χ1v) is 9.57. The predicted octanol–water partition coefficient (Wildman–Crippen LogP) is 5.55.